The van der Waals surface area contributed by atoms with Crippen molar-refractivity contribution in [2.45, 2.75) is 6.92 Å². The molecule has 6 N–H and O–H groups in total. The highest BCUT2D eigenvalue weighted by Gasteiger charge is 2.19. The van der Waals surface area contributed by atoms with Gasteiger partial charge in [-0.3, -0.25) is 20.4 Å². The molecular weight excluding hydrogens is 388 g/mol. The van der Waals surface area contributed by atoms with Crippen LogP contribution in [-0.4, -0.2) is 34.2 Å². The van der Waals surface area contributed by atoms with Crippen LogP contribution in [0.15, 0.2) is 47.3 Å². The predicted molar refractivity (Wildman–Crippen MR) is 113 cm³/mol. The van der Waals surface area contributed by atoms with E-state index in [0.717, 1.165) is 16.8 Å². The van der Waals surface area contributed by atoms with Gasteiger partial charge in [-0.2, -0.15) is 0 Å². The lowest BCUT2D eigenvalue weighted by atomic mass is 10.0. The number of anilines is 3. The average molecular weight is 408 g/mol. The van der Waals surface area contributed by atoms with Gasteiger partial charge in [0.1, 0.15) is 18.1 Å². The van der Waals surface area contributed by atoms with Crippen molar-refractivity contribution in [2.75, 3.05) is 29.3 Å². The number of carboxylic acids is 1. The lowest BCUT2D eigenvalue weighted by Gasteiger charge is -2.13. The van der Waals surface area contributed by atoms with Gasteiger partial charge in [0.2, 0.25) is 0 Å². The summed E-state index contributed by atoms with van der Waals surface area (Å²) in [6.45, 7) is 2.19. The Bertz CT molecular complexity index is 1140. The highest BCUT2D eigenvalue weighted by molar-refractivity contribution is 5.77. The first-order valence-corrected chi connectivity index (χ1v) is 9.30. The number of aromatic nitrogens is 2. The molecule has 0 saturated carbocycles. The lowest BCUT2D eigenvalue weighted by molar-refractivity contribution is -0.134. The Hall–Kier alpha value is -4.05. The number of aromatic amines is 1. The number of ether oxygens (including phenoxy) is 1. The van der Waals surface area contributed by atoms with Crippen LogP contribution in [0.25, 0.3) is 22.5 Å². The van der Waals surface area contributed by atoms with Gasteiger partial charge in [-0.15, -0.1) is 5.53 Å². The number of H-pyrrole nitrogens is 1. The number of nitrogens with zero attached hydrogens (tertiary/aromatic N) is 1. The molecule has 0 spiro atoms. The van der Waals surface area contributed by atoms with Crippen LogP contribution in [0.5, 0.6) is 5.75 Å². The number of aliphatic carboxylic acids is 1. The van der Waals surface area contributed by atoms with E-state index in [0.29, 0.717) is 35.2 Å². The number of fused-ring (bicyclic) bond motifs is 1. The summed E-state index contributed by atoms with van der Waals surface area (Å²) in [4.78, 5) is 30.2. The first kappa shape index (κ1) is 19.3. The van der Waals surface area contributed by atoms with Crippen molar-refractivity contribution in [3.8, 4) is 28.3 Å². The maximum atomic E-state index is 12.3. The third-order valence-electron chi connectivity index (χ3n) is 4.49. The second kappa shape index (κ2) is 8.13. The highest BCUT2D eigenvalue weighted by atomic mass is 16.5. The Morgan fingerprint density at radius 2 is 1.90 bits per heavy atom. The minimum Gasteiger partial charge on any atom is -0.493 e. The van der Waals surface area contributed by atoms with Gasteiger partial charge < -0.3 is 20.1 Å². The Labute approximate surface area is 171 Å². The first-order valence-electron chi connectivity index (χ1n) is 9.30. The molecule has 30 heavy (non-hydrogen) atoms. The predicted octanol–water partition coefficient (Wildman–Crippen LogP) is 2.26. The molecule has 154 valence electrons. The van der Waals surface area contributed by atoms with E-state index in [4.69, 9.17) is 9.84 Å². The fourth-order valence-corrected chi connectivity index (χ4v) is 3.09. The number of hydrogen-bond acceptors (Lipinski definition) is 8. The summed E-state index contributed by atoms with van der Waals surface area (Å²) in [6.07, 6.45) is 0. The van der Waals surface area contributed by atoms with Crippen molar-refractivity contribution < 1.29 is 14.6 Å². The smallest absolute Gasteiger partial charge is 0.322 e. The zero-order chi connectivity index (χ0) is 21.1. The van der Waals surface area contributed by atoms with E-state index in [9.17, 15) is 9.59 Å². The molecule has 10 nitrogen and oxygen atoms in total. The summed E-state index contributed by atoms with van der Waals surface area (Å²) in [7, 11) is 0. The van der Waals surface area contributed by atoms with Crippen molar-refractivity contribution in [3.05, 3.63) is 52.8 Å². The number of hydrogen-bond donors (Lipinski definition) is 6. The molecule has 1 aromatic heterocycles. The molecule has 0 atom stereocenters. The van der Waals surface area contributed by atoms with Crippen LogP contribution in [0, 0.1) is 0 Å². The number of carboxylic acid groups (broad SMARTS) is 1. The van der Waals surface area contributed by atoms with Crippen LogP contribution >= 0.6 is 0 Å². The third kappa shape index (κ3) is 3.89. The highest BCUT2D eigenvalue weighted by Crippen LogP contribution is 2.34. The van der Waals surface area contributed by atoms with Gasteiger partial charge in [0.15, 0.2) is 11.5 Å². The van der Waals surface area contributed by atoms with E-state index < -0.39 is 5.97 Å². The van der Waals surface area contributed by atoms with E-state index in [-0.39, 0.29) is 12.1 Å². The van der Waals surface area contributed by atoms with Crippen LogP contribution in [-0.2, 0) is 4.79 Å². The van der Waals surface area contributed by atoms with E-state index >= 15 is 0 Å². The van der Waals surface area contributed by atoms with E-state index in [1.54, 1.807) is 0 Å². The first-order chi connectivity index (χ1) is 14.5. The summed E-state index contributed by atoms with van der Waals surface area (Å²) >= 11 is 0. The molecular formula is C20H20N6O4. The topological polar surface area (TPSA) is 140 Å². The van der Waals surface area contributed by atoms with Gasteiger partial charge in [-0.1, -0.05) is 18.2 Å². The van der Waals surface area contributed by atoms with Crippen LogP contribution in [0.2, 0.25) is 0 Å². The monoisotopic (exact) mass is 408 g/mol. The minimum atomic E-state index is -0.920. The van der Waals surface area contributed by atoms with Gasteiger partial charge in [0.05, 0.1) is 12.2 Å². The summed E-state index contributed by atoms with van der Waals surface area (Å²) in [5, 5.41) is 11.6. The fraction of sp³-hybridized carbons (Fsp3) is 0.150. The van der Waals surface area contributed by atoms with Gasteiger partial charge in [0.25, 0.3) is 5.56 Å². The quantitative estimate of drug-likeness (QED) is 0.347. The maximum Gasteiger partial charge on any atom is 0.322 e. The largest absolute Gasteiger partial charge is 0.493 e. The van der Waals surface area contributed by atoms with E-state index in [2.05, 4.69) is 31.7 Å². The van der Waals surface area contributed by atoms with Gasteiger partial charge >= 0.3 is 5.97 Å². The Morgan fingerprint density at radius 1 is 1.13 bits per heavy atom. The summed E-state index contributed by atoms with van der Waals surface area (Å²) in [5.41, 5.74) is 11.4. The number of benzene rings is 2. The average Bonchev–Trinajstić information content (AvgIpc) is 3.22. The zero-order valence-electron chi connectivity index (χ0n) is 16.1. The van der Waals surface area contributed by atoms with E-state index in [1.165, 1.54) is 0 Å². The number of hydrazine groups is 2. The molecule has 2 aromatic carbocycles. The second-order valence-corrected chi connectivity index (χ2v) is 6.48. The molecule has 0 unspecified atom stereocenters. The van der Waals surface area contributed by atoms with Gasteiger partial charge in [-0.25, -0.2) is 4.98 Å². The van der Waals surface area contributed by atoms with Crippen LogP contribution in [0.3, 0.4) is 0 Å². The third-order valence-corrected chi connectivity index (χ3v) is 4.49. The van der Waals surface area contributed by atoms with Crippen molar-refractivity contribution in [1.29, 1.82) is 0 Å². The molecule has 0 fully saturated rings. The molecule has 10 heteroatoms. The molecule has 0 amide bonds. The normalized spacial score (nSPS) is 11.9. The van der Waals surface area contributed by atoms with Gasteiger partial charge in [-0.05, 0) is 42.3 Å². The summed E-state index contributed by atoms with van der Waals surface area (Å²) in [6, 6.07) is 13.1. The molecule has 0 saturated heterocycles. The molecule has 2 heterocycles. The molecule has 4 rings (SSSR count). The van der Waals surface area contributed by atoms with E-state index in [1.807, 2.05) is 49.4 Å². The maximum absolute atomic E-state index is 12.3. The Morgan fingerprint density at radius 3 is 2.63 bits per heavy atom. The minimum absolute atomic E-state index is 0.144. The summed E-state index contributed by atoms with van der Waals surface area (Å²) < 4.78 is 5.81. The van der Waals surface area contributed by atoms with Crippen molar-refractivity contribution in [1.82, 2.24) is 15.5 Å². The van der Waals surface area contributed by atoms with Crippen LogP contribution in [0.4, 0.5) is 17.2 Å². The fourth-order valence-electron chi connectivity index (χ4n) is 3.09. The van der Waals surface area contributed by atoms with Crippen LogP contribution in [0.1, 0.15) is 6.92 Å². The Balaban J connectivity index is 1.66. The molecule has 0 aliphatic carbocycles. The Kier molecular flexibility index (Phi) is 5.22. The molecule has 0 bridgehead atoms. The van der Waals surface area contributed by atoms with Crippen molar-refractivity contribution in [2.24, 2.45) is 0 Å². The molecule has 3 aromatic rings. The lowest BCUT2D eigenvalue weighted by Crippen LogP contribution is -2.21. The SMILES string of the molecule is CCOc1cc(-c2ccc(NCC(=O)O)cc2)ccc1-c1nc2c(c(=O)[nH]1)NNN2. The van der Waals surface area contributed by atoms with Crippen LogP contribution < -0.4 is 32.0 Å². The van der Waals surface area contributed by atoms with Crippen molar-refractivity contribution in [3.63, 3.8) is 0 Å². The zero-order valence-corrected chi connectivity index (χ0v) is 16.1. The van der Waals surface area contributed by atoms with Gasteiger partial charge in [0, 0.05) is 5.69 Å². The molecule has 0 radical (unpaired) electrons. The number of carbonyl (C=O) groups is 1. The molecule has 1 aliphatic rings. The number of nitrogens with one attached hydrogen (secondary N) is 5. The van der Waals surface area contributed by atoms with Crippen molar-refractivity contribution >= 4 is 23.2 Å². The number of rotatable bonds is 7. The molecule has 1 aliphatic heterocycles. The summed E-state index contributed by atoms with van der Waals surface area (Å²) in [5.74, 6) is 0.464. The second-order valence-electron chi connectivity index (χ2n) is 6.48. The standard InChI is InChI=1S/C20H20N6O4/c1-2-30-15-9-12(11-3-6-13(7-4-11)21-10-16(27)28)5-8-14(15)18-22-19-17(20(29)23-18)24-26-25-19/h3-9,21,24,26H,2,10H2,1H3,(H,27,28)(H2,22,23,25,29).